The van der Waals surface area contributed by atoms with E-state index >= 15 is 0 Å². The topological polar surface area (TPSA) is 38.1 Å². The van der Waals surface area contributed by atoms with Gasteiger partial charge in [0.25, 0.3) is 0 Å². The maximum absolute atomic E-state index is 9.05. The van der Waals surface area contributed by atoms with Crippen molar-refractivity contribution in [2.75, 3.05) is 0 Å². The van der Waals surface area contributed by atoms with Gasteiger partial charge in [-0.2, -0.15) is 0 Å². The molecule has 0 aliphatic carbocycles. The van der Waals surface area contributed by atoms with Crippen molar-refractivity contribution in [1.82, 2.24) is 9.55 Å². The van der Waals surface area contributed by atoms with Gasteiger partial charge in [-0.3, -0.25) is 0 Å². The van der Waals surface area contributed by atoms with Crippen molar-refractivity contribution in [3.63, 3.8) is 0 Å². The van der Waals surface area contributed by atoms with Gasteiger partial charge in [0, 0.05) is 21.7 Å². The Kier molecular flexibility index (Phi) is 2.83. The van der Waals surface area contributed by atoms with Gasteiger partial charge in [-0.15, -0.1) is 0 Å². The largest absolute Gasteiger partial charge is 0.388 e. The van der Waals surface area contributed by atoms with Crippen LogP contribution in [0.2, 0.25) is 0 Å². The first kappa shape index (κ1) is 9.67. The van der Waals surface area contributed by atoms with Crippen molar-refractivity contribution in [2.24, 2.45) is 0 Å². The minimum absolute atomic E-state index is 0.0432. The molecule has 2 rings (SSSR count). The number of nitrogens with zero attached hydrogens (tertiary/aromatic N) is 2. The molecule has 0 saturated carbocycles. The second-order valence-corrected chi connectivity index (χ2v) is 4.10. The molecule has 1 aromatic carbocycles. The molecule has 0 radical (unpaired) electrons. The predicted molar refractivity (Wildman–Crippen MR) is 62.2 cm³/mol. The van der Waals surface area contributed by atoms with Gasteiger partial charge in [0.15, 0.2) is 0 Å². The minimum Gasteiger partial charge on any atom is -0.388 e. The highest BCUT2D eigenvalue weighted by Crippen LogP contribution is 2.14. The molecular weight excluding hydrogens is 291 g/mol. The number of rotatable bonds is 2. The average molecular weight is 300 g/mol. The van der Waals surface area contributed by atoms with E-state index in [4.69, 9.17) is 5.11 Å². The lowest BCUT2D eigenvalue weighted by atomic mass is 10.3. The number of benzene rings is 1. The summed E-state index contributed by atoms with van der Waals surface area (Å²) in [7, 11) is 0. The van der Waals surface area contributed by atoms with Gasteiger partial charge in [-0.1, -0.05) is 6.07 Å². The van der Waals surface area contributed by atoms with Crippen molar-refractivity contribution in [1.29, 1.82) is 0 Å². The molecular formula is C10H9IN2O. The van der Waals surface area contributed by atoms with Gasteiger partial charge in [0.2, 0.25) is 0 Å². The molecule has 0 aliphatic rings. The molecule has 14 heavy (non-hydrogen) atoms. The molecule has 4 heteroatoms. The lowest BCUT2D eigenvalue weighted by Gasteiger charge is -2.05. The predicted octanol–water partition coefficient (Wildman–Crippen LogP) is 1.97. The van der Waals surface area contributed by atoms with Crippen molar-refractivity contribution in [3.8, 4) is 5.69 Å². The minimum atomic E-state index is -0.0432. The first-order valence-electron chi connectivity index (χ1n) is 4.20. The Labute approximate surface area is 95.5 Å². The zero-order valence-electron chi connectivity index (χ0n) is 7.39. The fourth-order valence-electron chi connectivity index (χ4n) is 1.31. The van der Waals surface area contributed by atoms with Crippen LogP contribution in [0.5, 0.6) is 0 Å². The summed E-state index contributed by atoms with van der Waals surface area (Å²) in [5.41, 5.74) is 1.03. The maximum atomic E-state index is 9.05. The number of imidazole rings is 1. The van der Waals surface area contributed by atoms with E-state index in [1.165, 1.54) is 0 Å². The fourth-order valence-corrected chi connectivity index (χ4v) is 1.84. The number of hydrogen-bond acceptors (Lipinski definition) is 2. The molecule has 3 nitrogen and oxygen atoms in total. The Hall–Kier alpha value is -0.880. The van der Waals surface area contributed by atoms with Gasteiger partial charge < -0.3 is 9.67 Å². The number of aliphatic hydroxyl groups excluding tert-OH is 1. The molecule has 1 N–H and O–H groups in total. The highest BCUT2D eigenvalue weighted by Gasteiger charge is 2.02. The van der Waals surface area contributed by atoms with E-state index in [2.05, 4.69) is 27.6 Å². The summed E-state index contributed by atoms with van der Waals surface area (Å²) in [6.07, 6.45) is 3.53. The Morgan fingerprint density at radius 1 is 1.43 bits per heavy atom. The second-order valence-electron chi connectivity index (χ2n) is 2.85. The molecule has 0 aliphatic heterocycles. The van der Waals surface area contributed by atoms with E-state index in [1.807, 2.05) is 35.0 Å². The van der Waals surface area contributed by atoms with Gasteiger partial charge >= 0.3 is 0 Å². The second kappa shape index (κ2) is 4.10. The standard InChI is InChI=1S/C10H9IN2O/c11-8-2-1-3-9(6-8)13-5-4-12-10(13)7-14/h1-6,14H,7H2. The van der Waals surface area contributed by atoms with Gasteiger partial charge in [-0.05, 0) is 40.8 Å². The summed E-state index contributed by atoms with van der Waals surface area (Å²) >= 11 is 2.26. The SMILES string of the molecule is OCc1nccn1-c1cccc(I)c1. The number of aliphatic hydroxyl groups is 1. The molecule has 2 aromatic rings. The van der Waals surface area contributed by atoms with Crippen LogP contribution in [0.4, 0.5) is 0 Å². The molecule has 0 spiro atoms. The summed E-state index contributed by atoms with van der Waals surface area (Å²) in [6.45, 7) is -0.0432. The third-order valence-electron chi connectivity index (χ3n) is 1.95. The van der Waals surface area contributed by atoms with Gasteiger partial charge in [-0.25, -0.2) is 4.98 Å². The first-order chi connectivity index (χ1) is 6.81. The normalized spacial score (nSPS) is 10.4. The van der Waals surface area contributed by atoms with E-state index in [0.717, 1.165) is 9.26 Å². The van der Waals surface area contributed by atoms with Crippen LogP contribution in [0.15, 0.2) is 36.7 Å². The summed E-state index contributed by atoms with van der Waals surface area (Å²) in [5, 5.41) is 9.05. The van der Waals surface area contributed by atoms with E-state index in [0.29, 0.717) is 5.82 Å². The number of hydrogen-bond donors (Lipinski definition) is 1. The van der Waals surface area contributed by atoms with Gasteiger partial charge in [0.05, 0.1) is 0 Å². The molecule has 0 amide bonds. The lowest BCUT2D eigenvalue weighted by Crippen LogP contribution is -1.99. The van der Waals surface area contributed by atoms with Crippen molar-refractivity contribution >= 4 is 22.6 Å². The zero-order valence-corrected chi connectivity index (χ0v) is 9.55. The van der Waals surface area contributed by atoms with E-state index in [-0.39, 0.29) is 6.61 Å². The first-order valence-corrected chi connectivity index (χ1v) is 5.28. The van der Waals surface area contributed by atoms with Crippen LogP contribution in [-0.4, -0.2) is 14.7 Å². The van der Waals surface area contributed by atoms with Crippen molar-refractivity contribution in [3.05, 3.63) is 46.1 Å². The van der Waals surface area contributed by atoms with Crippen LogP contribution in [0.3, 0.4) is 0 Å². The molecule has 0 unspecified atom stereocenters. The van der Waals surface area contributed by atoms with Crippen LogP contribution < -0.4 is 0 Å². The molecule has 1 aromatic heterocycles. The zero-order chi connectivity index (χ0) is 9.97. The van der Waals surface area contributed by atoms with Crippen LogP contribution >= 0.6 is 22.6 Å². The highest BCUT2D eigenvalue weighted by molar-refractivity contribution is 14.1. The van der Waals surface area contributed by atoms with Crippen molar-refractivity contribution in [2.45, 2.75) is 6.61 Å². The van der Waals surface area contributed by atoms with Crippen LogP contribution in [0.25, 0.3) is 5.69 Å². The van der Waals surface area contributed by atoms with Gasteiger partial charge in [0.1, 0.15) is 12.4 Å². The Morgan fingerprint density at radius 2 is 2.29 bits per heavy atom. The maximum Gasteiger partial charge on any atom is 0.139 e. The van der Waals surface area contributed by atoms with Crippen LogP contribution in [0, 0.1) is 3.57 Å². The third kappa shape index (κ3) is 1.80. The number of halogens is 1. The molecule has 0 saturated heterocycles. The number of aromatic nitrogens is 2. The molecule has 72 valence electrons. The van der Waals surface area contributed by atoms with Crippen LogP contribution in [0.1, 0.15) is 5.82 Å². The Morgan fingerprint density at radius 3 is 3.00 bits per heavy atom. The summed E-state index contributed by atoms with van der Waals surface area (Å²) in [4.78, 5) is 4.05. The Bertz CT molecular complexity index is 439. The quantitative estimate of drug-likeness (QED) is 0.861. The van der Waals surface area contributed by atoms with E-state index < -0.39 is 0 Å². The molecule has 0 fully saturated rings. The fraction of sp³-hybridized carbons (Fsp3) is 0.100. The molecule has 1 heterocycles. The monoisotopic (exact) mass is 300 g/mol. The lowest BCUT2D eigenvalue weighted by molar-refractivity contribution is 0.269. The molecule has 0 atom stereocenters. The highest BCUT2D eigenvalue weighted by atomic mass is 127. The molecule has 0 bridgehead atoms. The summed E-state index contributed by atoms with van der Waals surface area (Å²) < 4.78 is 3.04. The van der Waals surface area contributed by atoms with E-state index in [1.54, 1.807) is 6.20 Å². The summed E-state index contributed by atoms with van der Waals surface area (Å²) in [5.74, 6) is 0.659. The smallest absolute Gasteiger partial charge is 0.139 e. The Balaban J connectivity index is 2.49. The summed E-state index contributed by atoms with van der Waals surface area (Å²) in [6, 6.07) is 8.04. The van der Waals surface area contributed by atoms with E-state index in [9.17, 15) is 0 Å². The average Bonchev–Trinajstić information content (AvgIpc) is 2.65. The third-order valence-corrected chi connectivity index (χ3v) is 2.62. The van der Waals surface area contributed by atoms with Crippen LogP contribution in [-0.2, 0) is 6.61 Å². The van der Waals surface area contributed by atoms with Crippen molar-refractivity contribution < 1.29 is 5.11 Å².